The highest BCUT2D eigenvalue weighted by Gasteiger charge is 2.06. The van der Waals surface area contributed by atoms with Gasteiger partial charge in [-0.15, -0.1) is 0 Å². The average Bonchev–Trinajstić information content (AvgIpc) is 2.41. The van der Waals surface area contributed by atoms with Gasteiger partial charge in [-0.25, -0.2) is 14.4 Å². The van der Waals surface area contributed by atoms with E-state index in [-0.39, 0.29) is 5.82 Å². The molecule has 100 valence electrons. The van der Waals surface area contributed by atoms with Crippen LogP contribution in [0.25, 0.3) is 0 Å². The summed E-state index contributed by atoms with van der Waals surface area (Å²) in [5.74, 6) is 1.71. The van der Waals surface area contributed by atoms with E-state index in [0.29, 0.717) is 23.1 Å². The fourth-order valence-corrected chi connectivity index (χ4v) is 1.71. The van der Waals surface area contributed by atoms with Crippen LogP contribution < -0.4 is 10.6 Å². The Morgan fingerprint density at radius 2 is 1.89 bits per heavy atom. The lowest BCUT2D eigenvalue weighted by atomic mass is 10.2. The monoisotopic (exact) mass is 260 g/mol. The van der Waals surface area contributed by atoms with Crippen molar-refractivity contribution in [1.29, 1.82) is 0 Å². The van der Waals surface area contributed by atoms with Crippen LogP contribution in [0.1, 0.15) is 18.3 Å². The topological polar surface area (TPSA) is 49.8 Å². The van der Waals surface area contributed by atoms with E-state index in [1.165, 1.54) is 6.07 Å². The molecular weight excluding hydrogens is 243 g/mol. The molecule has 0 amide bonds. The summed E-state index contributed by atoms with van der Waals surface area (Å²) < 4.78 is 13.8. The summed E-state index contributed by atoms with van der Waals surface area (Å²) in [6, 6.07) is 6.80. The van der Waals surface area contributed by atoms with Crippen molar-refractivity contribution in [2.75, 3.05) is 17.7 Å². The highest BCUT2D eigenvalue weighted by atomic mass is 19.1. The maximum absolute atomic E-state index is 13.8. The molecule has 19 heavy (non-hydrogen) atoms. The average molecular weight is 260 g/mol. The van der Waals surface area contributed by atoms with E-state index in [0.717, 1.165) is 12.0 Å². The first-order chi connectivity index (χ1) is 9.12. The van der Waals surface area contributed by atoms with E-state index < -0.39 is 0 Å². The van der Waals surface area contributed by atoms with Crippen LogP contribution in [0.15, 0.2) is 24.3 Å². The molecule has 0 bridgehead atoms. The normalized spacial score (nSPS) is 10.3. The van der Waals surface area contributed by atoms with Gasteiger partial charge in [0.2, 0.25) is 0 Å². The van der Waals surface area contributed by atoms with Gasteiger partial charge in [0.1, 0.15) is 23.3 Å². The minimum Gasteiger partial charge on any atom is -0.373 e. The Morgan fingerprint density at radius 3 is 2.53 bits per heavy atom. The Hall–Kier alpha value is -2.17. The van der Waals surface area contributed by atoms with Crippen molar-refractivity contribution in [2.45, 2.75) is 20.3 Å². The second-order valence-corrected chi connectivity index (χ2v) is 4.27. The first kappa shape index (κ1) is 13.3. The van der Waals surface area contributed by atoms with Gasteiger partial charge in [0.15, 0.2) is 0 Å². The molecule has 0 saturated carbocycles. The molecule has 0 atom stereocenters. The lowest BCUT2D eigenvalue weighted by Crippen LogP contribution is -2.04. The summed E-state index contributed by atoms with van der Waals surface area (Å²) >= 11 is 0. The quantitative estimate of drug-likeness (QED) is 0.885. The van der Waals surface area contributed by atoms with Gasteiger partial charge in [-0.2, -0.15) is 0 Å². The minimum absolute atomic E-state index is 0.289. The number of aromatic nitrogens is 2. The highest BCUT2D eigenvalue weighted by molar-refractivity contribution is 5.60. The van der Waals surface area contributed by atoms with Gasteiger partial charge < -0.3 is 10.6 Å². The van der Waals surface area contributed by atoms with Crippen molar-refractivity contribution in [3.63, 3.8) is 0 Å². The summed E-state index contributed by atoms with van der Waals surface area (Å²) in [6.45, 7) is 3.83. The van der Waals surface area contributed by atoms with Crippen LogP contribution in [-0.2, 0) is 6.42 Å². The van der Waals surface area contributed by atoms with Crippen LogP contribution in [0.5, 0.6) is 0 Å². The highest BCUT2D eigenvalue weighted by Crippen LogP contribution is 2.21. The molecule has 2 aromatic rings. The van der Waals surface area contributed by atoms with E-state index >= 15 is 0 Å². The zero-order chi connectivity index (χ0) is 13.8. The first-order valence-corrected chi connectivity index (χ1v) is 6.21. The van der Waals surface area contributed by atoms with Gasteiger partial charge in [0.25, 0.3) is 0 Å². The number of benzene rings is 1. The van der Waals surface area contributed by atoms with Crippen molar-refractivity contribution in [3.8, 4) is 0 Å². The molecule has 0 radical (unpaired) electrons. The maximum Gasteiger partial charge on any atom is 0.146 e. The zero-order valence-electron chi connectivity index (χ0n) is 11.3. The third kappa shape index (κ3) is 3.19. The van der Waals surface area contributed by atoms with Gasteiger partial charge in [0, 0.05) is 19.5 Å². The van der Waals surface area contributed by atoms with E-state index in [9.17, 15) is 4.39 Å². The van der Waals surface area contributed by atoms with Crippen LogP contribution in [0, 0.1) is 12.7 Å². The molecule has 2 rings (SSSR count). The van der Waals surface area contributed by atoms with E-state index in [1.54, 1.807) is 19.2 Å². The van der Waals surface area contributed by atoms with E-state index in [2.05, 4.69) is 20.6 Å². The van der Waals surface area contributed by atoms with Crippen LogP contribution in [0.2, 0.25) is 0 Å². The van der Waals surface area contributed by atoms with Crippen molar-refractivity contribution in [2.24, 2.45) is 0 Å². The molecule has 0 unspecified atom stereocenters. The molecule has 0 saturated heterocycles. The number of hydrogen-bond donors (Lipinski definition) is 2. The molecular formula is C14H17FN4. The van der Waals surface area contributed by atoms with Crippen molar-refractivity contribution in [1.82, 2.24) is 9.97 Å². The molecule has 4 nitrogen and oxygen atoms in total. The van der Waals surface area contributed by atoms with Gasteiger partial charge in [-0.1, -0.05) is 13.0 Å². The molecule has 0 fully saturated rings. The molecule has 0 aliphatic heterocycles. The van der Waals surface area contributed by atoms with Gasteiger partial charge in [-0.05, 0) is 24.6 Å². The molecule has 1 aromatic heterocycles. The smallest absolute Gasteiger partial charge is 0.146 e. The van der Waals surface area contributed by atoms with E-state index in [1.807, 2.05) is 19.9 Å². The Kier molecular flexibility index (Phi) is 3.94. The van der Waals surface area contributed by atoms with Crippen LogP contribution in [0.3, 0.4) is 0 Å². The van der Waals surface area contributed by atoms with E-state index in [4.69, 9.17) is 0 Å². The standard InChI is InChI=1S/C14H17FN4/c1-4-12-18-13(16-3)8-14(19-12)17-11-6-5-9(2)7-10(11)15/h5-8H,4H2,1-3H3,(H2,16,17,18,19). The van der Waals surface area contributed by atoms with Crippen molar-refractivity contribution < 1.29 is 4.39 Å². The second kappa shape index (κ2) is 5.65. The minimum atomic E-state index is -0.289. The van der Waals surface area contributed by atoms with Gasteiger partial charge in [-0.3, -0.25) is 0 Å². The first-order valence-electron chi connectivity index (χ1n) is 6.21. The fraction of sp³-hybridized carbons (Fsp3) is 0.286. The third-order valence-electron chi connectivity index (χ3n) is 2.73. The molecule has 2 N–H and O–H groups in total. The van der Waals surface area contributed by atoms with Crippen LogP contribution >= 0.6 is 0 Å². The molecule has 1 aromatic carbocycles. The second-order valence-electron chi connectivity index (χ2n) is 4.27. The lowest BCUT2D eigenvalue weighted by Gasteiger charge is -2.10. The molecule has 0 aliphatic rings. The lowest BCUT2D eigenvalue weighted by molar-refractivity contribution is 0.630. The van der Waals surface area contributed by atoms with Crippen LogP contribution in [0.4, 0.5) is 21.7 Å². The Morgan fingerprint density at radius 1 is 1.16 bits per heavy atom. The largest absolute Gasteiger partial charge is 0.373 e. The summed E-state index contributed by atoms with van der Waals surface area (Å²) in [5, 5.41) is 5.95. The van der Waals surface area contributed by atoms with Crippen LogP contribution in [-0.4, -0.2) is 17.0 Å². The van der Waals surface area contributed by atoms with Gasteiger partial charge in [0.05, 0.1) is 5.69 Å². The number of aryl methyl sites for hydroxylation is 2. The predicted octanol–water partition coefficient (Wildman–Crippen LogP) is 3.27. The Balaban J connectivity index is 2.31. The third-order valence-corrected chi connectivity index (χ3v) is 2.73. The SMILES string of the molecule is CCc1nc(NC)cc(Nc2ccc(C)cc2F)n1. The molecule has 1 heterocycles. The number of hydrogen-bond acceptors (Lipinski definition) is 4. The summed E-state index contributed by atoms with van der Waals surface area (Å²) in [7, 11) is 1.79. The number of anilines is 3. The predicted molar refractivity (Wildman–Crippen MR) is 75.4 cm³/mol. The summed E-state index contributed by atoms with van der Waals surface area (Å²) in [4.78, 5) is 8.62. The number of nitrogens with zero attached hydrogens (tertiary/aromatic N) is 2. The Labute approximate surface area is 112 Å². The number of nitrogens with one attached hydrogen (secondary N) is 2. The van der Waals surface area contributed by atoms with Gasteiger partial charge >= 0.3 is 0 Å². The summed E-state index contributed by atoms with van der Waals surface area (Å²) in [6.07, 6.45) is 0.723. The maximum atomic E-state index is 13.8. The summed E-state index contributed by atoms with van der Waals surface area (Å²) in [5.41, 5.74) is 1.30. The molecule has 0 aliphatic carbocycles. The molecule has 5 heteroatoms. The Bertz CT molecular complexity index is 561. The zero-order valence-corrected chi connectivity index (χ0v) is 11.3. The number of rotatable bonds is 4. The molecule has 0 spiro atoms. The number of halogens is 1. The van der Waals surface area contributed by atoms with Crippen molar-refractivity contribution in [3.05, 3.63) is 41.5 Å². The fourth-order valence-electron chi connectivity index (χ4n) is 1.71. The van der Waals surface area contributed by atoms with Crippen molar-refractivity contribution >= 4 is 17.3 Å².